The third kappa shape index (κ3) is 3.26. The minimum absolute atomic E-state index is 0.0667. The number of aliphatic hydroxyl groups excluding tert-OH is 1. The van der Waals surface area contributed by atoms with Crippen LogP contribution in [0.25, 0.3) is 0 Å². The molecule has 0 bridgehead atoms. The first kappa shape index (κ1) is 12.5. The van der Waals surface area contributed by atoms with Gasteiger partial charge in [-0.1, -0.05) is 23.8 Å². The first-order valence-corrected chi connectivity index (χ1v) is 5.91. The first-order chi connectivity index (χ1) is 8.19. The van der Waals surface area contributed by atoms with Gasteiger partial charge in [-0.2, -0.15) is 0 Å². The fourth-order valence-electron chi connectivity index (χ4n) is 2.08. The summed E-state index contributed by atoms with van der Waals surface area (Å²) in [4.78, 5) is 0. The second kappa shape index (κ2) is 5.60. The Morgan fingerprint density at radius 1 is 1.41 bits per heavy atom. The van der Waals surface area contributed by atoms with Gasteiger partial charge in [0.2, 0.25) is 6.41 Å². The molecule has 3 N–H and O–H groups in total. The van der Waals surface area contributed by atoms with E-state index < -0.39 is 6.41 Å². The topological polar surface area (TPSA) is 64.7 Å². The summed E-state index contributed by atoms with van der Waals surface area (Å²) in [6.45, 7) is 2.69. The smallest absolute Gasteiger partial charge is 0.213 e. The SMILES string of the molecule is Cc1ccc(CO)c(CCC2COC(N)O2)c1. The summed E-state index contributed by atoms with van der Waals surface area (Å²) in [5, 5.41) is 9.27. The van der Waals surface area contributed by atoms with Gasteiger partial charge in [0, 0.05) is 0 Å². The van der Waals surface area contributed by atoms with Crippen LogP contribution < -0.4 is 5.73 Å². The molecule has 2 rings (SSSR count). The molecule has 0 aromatic heterocycles. The zero-order valence-corrected chi connectivity index (χ0v) is 10.1. The summed E-state index contributed by atoms with van der Waals surface area (Å²) in [5.41, 5.74) is 8.86. The van der Waals surface area contributed by atoms with Crippen LogP contribution in [-0.2, 0) is 22.5 Å². The molecule has 1 aromatic rings. The van der Waals surface area contributed by atoms with Gasteiger partial charge in [0.25, 0.3) is 0 Å². The van der Waals surface area contributed by atoms with Crippen molar-refractivity contribution < 1.29 is 14.6 Å². The van der Waals surface area contributed by atoms with Crippen LogP contribution in [0.5, 0.6) is 0 Å². The number of rotatable bonds is 4. The van der Waals surface area contributed by atoms with Crippen molar-refractivity contribution >= 4 is 0 Å². The van der Waals surface area contributed by atoms with Crippen LogP contribution in [0.1, 0.15) is 23.1 Å². The Bertz CT molecular complexity index is 381. The molecule has 1 aliphatic rings. The molecule has 4 nitrogen and oxygen atoms in total. The predicted molar refractivity (Wildman–Crippen MR) is 64.2 cm³/mol. The lowest BCUT2D eigenvalue weighted by atomic mass is 9.99. The number of benzene rings is 1. The van der Waals surface area contributed by atoms with E-state index in [2.05, 4.69) is 13.0 Å². The van der Waals surface area contributed by atoms with Gasteiger partial charge in [-0.25, -0.2) is 0 Å². The van der Waals surface area contributed by atoms with E-state index in [-0.39, 0.29) is 12.7 Å². The molecule has 1 aromatic carbocycles. The van der Waals surface area contributed by atoms with Crippen LogP contribution in [0.15, 0.2) is 18.2 Å². The van der Waals surface area contributed by atoms with Crippen LogP contribution in [0.4, 0.5) is 0 Å². The number of hydrogen-bond donors (Lipinski definition) is 2. The Hall–Kier alpha value is -0.940. The van der Waals surface area contributed by atoms with Gasteiger partial charge in [-0.05, 0) is 30.9 Å². The standard InChI is InChI=1S/C13H19NO3/c1-9-2-3-11(7-15)10(6-9)4-5-12-8-16-13(14)17-12/h2-3,6,12-13,15H,4-5,7-8,14H2,1H3. The lowest BCUT2D eigenvalue weighted by Crippen LogP contribution is -2.21. The lowest BCUT2D eigenvalue weighted by molar-refractivity contribution is -0.0525. The van der Waals surface area contributed by atoms with E-state index in [9.17, 15) is 5.11 Å². The van der Waals surface area contributed by atoms with E-state index in [0.29, 0.717) is 6.61 Å². The summed E-state index contributed by atoms with van der Waals surface area (Å²) in [6.07, 6.45) is 1.23. The van der Waals surface area contributed by atoms with Crippen LogP contribution >= 0.6 is 0 Å². The fourth-order valence-corrected chi connectivity index (χ4v) is 2.08. The molecule has 0 aliphatic carbocycles. The van der Waals surface area contributed by atoms with Crippen molar-refractivity contribution in [3.8, 4) is 0 Å². The van der Waals surface area contributed by atoms with E-state index in [1.165, 1.54) is 11.1 Å². The summed E-state index contributed by atoms with van der Waals surface area (Å²) in [7, 11) is 0. The summed E-state index contributed by atoms with van der Waals surface area (Å²) >= 11 is 0. The molecule has 17 heavy (non-hydrogen) atoms. The van der Waals surface area contributed by atoms with Gasteiger partial charge >= 0.3 is 0 Å². The van der Waals surface area contributed by atoms with Crippen molar-refractivity contribution in [1.29, 1.82) is 0 Å². The van der Waals surface area contributed by atoms with Gasteiger partial charge in [-0.15, -0.1) is 0 Å². The average molecular weight is 237 g/mol. The number of ether oxygens (including phenoxy) is 2. The minimum atomic E-state index is -0.574. The van der Waals surface area contributed by atoms with Crippen molar-refractivity contribution in [3.63, 3.8) is 0 Å². The van der Waals surface area contributed by atoms with Crippen LogP contribution in [0, 0.1) is 6.92 Å². The molecule has 94 valence electrons. The molecule has 1 saturated heterocycles. The molecule has 1 heterocycles. The Morgan fingerprint density at radius 2 is 2.24 bits per heavy atom. The average Bonchev–Trinajstić information content (AvgIpc) is 2.73. The highest BCUT2D eigenvalue weighted by atomic mass is 16.7. The first-order valence-electron chi connectivity index (χ1n) is 5.91. The molecule has 2 atom stereocenters. The normalized spacial score (nSPS) is 24.2. The Balaban J connectivity index is 1.96. The van der Waals surface area contributed by atoms with Crippen LogP contribution in [-0.4, -0.2) is 24.2 Å². The molecule has 0 radical (unpaired) electrons. The number of aliphatic hydroxyl groups is 1. The van der Waals surface area contributed by atoms with E-state index >= 15 is 0 Å². The largest absolute Gasteiger partial charge is 0.392 e. The maximum atomic E-state index is 9.27. The maximum absolute atomic E-state index is 9.27. The number of hydrogen-bond acceptors (Lipinski definition) is 4. The fraction of sp³-hybridized carbons (Fsp3) is 0.538. The van der Waals surface area contributed by atoms with Crippen molar-refractivity contribution in [2.45, 2.75) is 38.9 Å². The van der Waals surface area contributed by atoms with Gasteiger partial charge in [0.1, 0.15) is 0 Å². The molecule has 0 amide bonds. The van der Waals surface area contributed by atoms with Crippen molar-refractivity contribution in [2.24, 2.45) is 5.73 Å². The quantitative estimate of drug-likeness (QED) is 0.822. The third-order valence-electron chi connectivity index (χ3n) is 3.04. The van der Waals surface area contributed by atoms with Gasteiger partial charge < -0.3 is 14.6 Å². The van der Waals surface area contributed by atoms with Crippen molar-refractivity contribution in [2.75, 3.05) is 6.61 Å². The van der Waals surface area contributed by atoms with Crippen LogP contribution in [0.2, 0.25) is 0 Å². The van der Waals surface area contributed by atoms with Gasteiger partial charge in [-0.3, -0.25) is 5.73 Å². The molecule has 1 fully saturated rings. The Kier molecular flexibility index (Phi) is 4.12. The van der Waals surface area contributed by atoms with Crippen LogP contribution in [0.3, 0.4) is 0 Å². The van der Waals surface area contributed by atoms with Gasteiger partial charge in [0.15, 0.2) is 0 Å². The number of nitrogens with two attached hydrogens (primary N) is 1. The summed E-state index contributed by atoms with van der Waals surface area (Å²) < 4.78 is 10.5. The second-order valence-corrected chi connectivity index (χ2v) is 4.43. The molecular weight excluding hydrogens is 218 g/mol. The third-order valence-corrected chi connectivity index (χ3v) is 3.04. The molecular formula is C13H19NO3. The molecule has 0 spiro atoms. The zero-order valence-electron chi connectivity index (χ0n) is 10.1. The summed E-state index contributed by atoms with van der Waals surface area (Å²) in [5.74, 6) is 0. The highest BCUT2D eigenvalue weighted by molar-refractivity contribution is 5.31. The summed E-state index contributed by atoms with van der Waals surface area (Å²) in [6, 6.07) is 6.10. The lowest BCUT2D eigenvalue weighted by Gasteiger charge is -2.11. The molecule has 4 heteroatoms. The molecule has 2 unspecified atom stereocenters. The highest BCUT2D eigenvalue weighted by Crippen LogP contribution is 2.18. The van der Waals surface area contributed by atoms with Crippen molar-refractivity contribution in [1.82, 2.24) is 0 Å². The van der Waals surface area contributed by atoms with Crippen molar-refractivity contribution in [3.05, 3.63) is 34.9 Å². The predicted octanol–water partition coefficient (Wildman–Crippen LogP) is 1.08. The Labute approximate surface area is 101 Å². The number of aryl methyl sites for hydroxylation is 2. The van der Waals surface area contributed by atoms with Gasteiger partial charge in [0.05, 0.1) is 19.3 Å². The monoisotopic (exact) mass is 237 g/mol. The van der Waals surface area contributed by atoms with E-state index in [1.54, 1.807) is 0 Å². The maximum Gasteiger partial charge on any atom is 0.213 e. The Morgan fingerprint density at radius 3 is 2.88 bits per heavy atom. The van der Waals surface area contributed by atoms with E-state index in [1.807, 2.05) is 12.1 Å². The zero-order chi connectivity index (χ0) is 12.3. The highest BCUT2D eigenvalue weighted by Gasteiger charge is 2.22. The second-order valence-electron chi connectivity index (χ2n) is 4.43. The van der Waals surface area contributed by atoms with E-state index in [0.717, 1.165) is 18.4 Å². The molecule has 0 saturated carbocycles. The van der Waals surface area contributed by atoms with E-state index in [4.69, 9.17) is 15.2 Å². The minimum Gasteiger partial charge on any atom is -0.392 e. The molecule has 1 aliphatic heterocycles.